The zero-order valence-electron chi connectivity index (χ0n) is 5.94. The Morgan fingerprint density at radius 1 is 1.62 bits per heavy atom. The molecule has 0 fully saturated rings. The van der Waals surface area contributed by atoms with Crippen molar-refractivity contribution in [3.05, 3.63) is 0 Å². The molecule has 0 aliphatic rings. The lowest BCUT2D eigenvalue weighted by molar-refractivity contribution is 0.530. The number of rotatable bonds is 3. The van der Waals surface area contributed by atoms with E-state index in [0.717, 1.165) is 6.42 Å². The van der Waals surface area contributed by atoms with Gasteiger partial charge in [0.2, 0.25) is 0 Å². The number of hydrogen-bond donors (Lipinski definition) is 1. The summed E-state index contributed by atoms with van der Waals surface area (Å²) < 4.78 is 0. The molecular weight excluding hydrogens is 96.9 g/mol. The minimum absolute atomic E-state index is 0.269. The molecular formula is C6H14BN. The summed E-state index contributed by atoms with van der Waals surface area (Å²) in [6, 6.07) is 0.481. The van der Waals surface area contributed by atoms with E-state index in [9.17, 15) is 0 Å². The van der Waals surface area contributed by atoms with Gasteiger partial charge in [-0.1, -0.05) is 19.7 Å². The molecule has 0 saturated carbocycles. The second-order valence-corrected chi connectivity index (χ2v) is 2.16. The minimum Gasteiger partial charge on any atom is -0.317 e. The van der Waals surface area contributed by atoms with Crippen LogP contribution in [0.25, 0.3) is 0 Å². The quantitative estimate of drug-likeness (QED) is 0.535. The Hall–Kier alpha value is 0.0249. The Balaban J connectivity index is 3.35. The van der Waals surface area contributed by atoms with Crippen molar-refractivity contribution in [2.45, 2.75) is 32.1 Å². The van der Waals surface area contributed by atoms with Crippen LogP contribution in [0.2, 0.25) is 5.82 Å². The Labute approximate surface area is 53.3 Å². The average Bonchev–Trinajstić information content (AvgIpc) is 1.69. The Bertz CT molecular complexity index is 50.5. The molecule has 1 N–H and O–H groups in total. The van der Waals surface area contributed by atoms with Crippen molar-refractivity contribution in [1.82, 2.24) is 5.32 Å². The third-order valence-electron chi connectivity index (χ3n) is 1.45. The monoisotopic (exact) mass is 111 g/mol. The zero-order valence-corrected chi connectivity index (χ0v) is 5.94. The second kappa shape index (κ2) is 3.96. The van der Waals surface area contributed by atoms with E-state index >= 15 is 0 Å². The summed E-state index contributed by atoms with van der Waals surface area (Å²) >= 11 is 0. The molecule has 0 bridgehead atoms. The molecule has 2 radical (unpaired) electrons. The van der Waals surface area contributed by atoms with Crippen LogP contribution in [0.1, 0.15) is 20.3 Å². The van der Waals surface area contributed by atoms with Crippen molar-refractivity contribution in [3.63, 3.8) is 0 Å². The van der Waals surface area contributed by atoms with Gasteiger partial charge in [-0.05, 0) is 13.5 Å². The van der Waals surface area contributed by atoms with Crippen LogP contribution in [-0.4, -0.2) is 20.9 Å². The molecule has 0 saturated heterocycles. The molecule has 2 atom stereocenters. The predicted molar refractivity (Wildman–Crippen MR) is 38.3 cm³/mol. The van der Waals surface area contributed by atoms with Gasteiger partial charge in [0.15, 0.2) is 0 Å². The third kappa shape index (κ3) is 2.36. The fourth-order valence-electron chi connectivity index (χ4n) is 0.839. The molecule has 0 rings (SSSR count). The van der Waals surface area contributed by atoms with Crippen molar-refractivity contribution < 1.29 is 0 Å². The largest absolute Gasteiger partial charge is 0.317 e. The molecule has 0 heterocycles. The first kappa shape index (κ1) is 8.02. The lowest BCUT2D eigenvalue weighted by Crippen LogP contribution is -2.27. The van der Waals surface area contributed by atoms with E-state index in [4.69, 9.17) is 7.85 Å². The summed E-state index contributed by atoms with van der Waals surface area (Å²) in [5.74, 6) is 0.269. The Morgan fingerprint density at radius 2 is 2.12 bits per heavy atom. The standard InChI is InChI=1S/C6H14BN/c1-4-6(8-3)5(2)7/h5-6,8H,4H2,1-3H3/t5?,6-/m0/s1. The maximum Gasteiger partial charge on any atom is 0.0716 e. The molecule has 0 amide bonds. The average molecular weight is 111 g/mol. The number of hydrogen-bond acceptors (Lipinski definition) is 1. The van der Waals surface area contributed by atoms with Crippen LogP contribution in [0.3, 0.4) is 0 Å². The van der Waals surface area contributed by atoms with Gasteiger partial charge >= 0.3 is 0 Å². The zero-order chi connectivity index (χ0) is 6.57. The summed E-state index contributed by atoms with van der Waals surface area (Å²) in [6.07, 6.45) is 1.11. The molecule has 0 aromatic heterocycles. The van der Waals surface area contributed by atoms with E-state index < -0.39 is 0 Å². The van der Waals surface area contributed by atoms with Gasteiger partial charge in [-0.15, -0.1) is 0 Å². The second-order valence-electron chi connectivity index (χ2n) is 2.16. The fraction of sp³-hybridized carbons (Fsp3) is 1.00. The summed E-state index contributed by atoms with van der Waals surface area (Å²) in [6.45, 7) is 4.15. The summed E-state index contributed by atoms with van der Waals surface area (Å²) in [5.41, 5.74) is 0. The summed E-state index contributed by atoms with van der Waals surface area (Å²) in [5, 5.41) is 3.13. The Morgan fingerprint density at radius 3 is 2.12 bits per heavy atom. The van der Waals surface area contributed by atoms with Crippen LogP contribution in [0.4, 0.5) is 0 Å². The molecule has 0 spiro atoms. The molecule has 0 aromatic carbocycles. The molecule has 8 heavy (non-hydrogen) atoms. The highest BCUT2D eigenvalue weighted by Gasteiger charge is 2.05. The van der Waals surface area contributed by atoms with E-state index in [1.54, 1.807) is 0 Å². The molecule has 1 nitrogen and oxygen atoms in total. The van der Waals surface area contributed by atoms with Crippen molar-refractivity contribution >= 4 is 7.85 Å². The van der Waals surface area contributed by atoms with Gasteiger partial charge in [0.1, 0.15) is 0 Å². The van der Waals surface area contributed by atoms with Crippen LogP contribution in [-0.2, 0) is 0 Å². The van der Waals surface area contributed by atoms with Crippen molar-refractivity contribution in [1.29, 1.82) is 0 Å². The van der Waals surface area contributed by atoms with E-state index in [-0.39, 0.29) is 5.82 Å². The lowest BCUT2D eigenvalue weighted by Gasteiger charge is -2.17. The molecule has 2 heteroatoms. The first-order chi connectivity index (χ1) is 3.72. The van der Waals surface area contributed by atoms with Gasteiger partial charge in [0, 0.05) is 6.04 Å². The van der Waals surface area contributed by atoms with Gasteiger partial charge < -0.3 is 5.32 Å². The molecule has 1 unspecified atom stereocenters. The van der Waals surface area contributed by atoms with Crippen LogP contribution in [0, 0.1) is 0 Å². The first-order valence-electron chi connectivity index (χ1n) is 3.15. The van der Waals surface area contributed by atoms with E-state index in [1.165, 1.54) is 0 Å². The highest BCUT2D eigenvalue weighted by molar-refractivity contribution is 6.11. The molecule has 0 aromatic rings. The van der Waals surface area contributed by atoms with Crippen molar-refractivity contribution in [2.24, 2.45) is 0 Å². The minimum atomic E-state index is 0.269. The van der Waals surface area contributed by atoms with Gasteiger partial charge in [0.05, 0.1) is 7.85 Å². The van der Waals surface area contributed by atoms with Gasteiger partial charge in [-0.2, -0.15) is 0 Å². The third-order valence-corrected chi connectivity index (χ3v) is 1.45. The molecule has 0 aliphatic heterocycles. The first-order valence-corrected chi connectivity index (χ1v) is 3.15. The predicted octanol–water partition coefficient (Wildman–Crippen LogP) is 0.961. The van der Waals surface area contributed by atoms with E-state index in [2.05, 4.69) is 12.2 Å². The van der Waals surface area contributed by atoms with Gasteiger partial charge in [-0.3, -0.25) is 0 Å². The van der Waals surface area contributed by atoms with Crippen LogP contribution >= 0.6 is 0 Å². The van der Waals surface area contributed by atoms with Gasteiger partial charge in [-0.25, -0.2) is 0 Å². The highest BCUT2D eigenvalue weighted by Crippen LogP contribution is 2.06. The van der Waals surface area contributed by atoms with E-state index in [1.807, 2.05) is 14.0 Å². The summed E-state index contributed by atoms with van der Waals surface area (Å²) in [7, 11) is 7.54. The summed E-state index contributed by atoms with van der Waals surface area (Å²) in [4.78, 5) is 0. The van der Waals surface area contributed by atoms with Crippen molar-refractivity contribution in [2.75, 3.05) is 7.05 Å². The normalized spacial score (nSPS) is 17.9. The van der Waals surface area contributed by atoms with E-state index in [0.29, 0.717) is 6.04 Å². The molecule has 46 valence electrons. The SMILES string of the molecule is [B]C(C)[C@H](CC)NC. The number of nitrogens with one attached hydrogen (secondary N) is 1. The fourth-order valence-corrected chi connectivity index (χ4v) is 0.839. The maximum absolute atomic E-state index is 5.60. The maximum atomic E-state index is 5.60. The topological polar surface area (TPSA) is 12.0 Å². The smallest absolute Gasteiger partial charge is 0.0716 e. The highest BCUT2D eigenvalue weighted by atomic mass is 14.9. The van der Waals surface area contributed by atoms with Crippen LogP contribution < -0.4 is 5.32 Å². The lowest BCUT2D eigenvalue weighted by atomic mass is 9.82. The Kier molecular flexibility index (Phi) is 3.97. The molecule has 0 aliphatic carbocycles. The van der Waals surface area contributed by atoms with Crippen LogP contribution in [0.15, 0.2) is 0 Å². The van der Waals surface area contributed by atoms with Crippen molar-refractivity contribution in [3.8, 4) is 0 Å². The van der Waals surface area contributed by atoms with Gasteiger partial charge in [0.25, 0.3) is 0 Å². The van der Waals surface area contributed by atoms with Crippen LogP contribution in [0.5, 0.6) is 0 Å².